The topological polar surface area (TPSA) is 20.2 Å². The molecular formula is C13H16Cl4O. The molecule has 0 aliphatic rings. The van der Waals surface area contributed by atoms with Gasteiger partial charge >= 0.3 is 0 Å². The molecule has 0 spiro atoms. The Morgan fingerprint density at radius 3 is 1.50 bits per heavy atom. The Morgan fingerprint density at radius 2 is 1.28 bits per heavy atom. The summed E-state index contributed by atoms with van der Waals surface area (Å²) in [6.07, 6.45) is 0. The van der Waals surface area contributed by atoms with Gasteiger partial charge in [0.1, 0.15) is 14.4 Å². The quantitative estimate of drug-likeness (QED) is 0.693. The maximum absolute atomic E-state index is 10.2. The third-order valence-corrected chi connectivity index (χ3v) is 3.56. The summed E-state index contributed by atoms with van der Waals surface area (Å²) < 4.78 is -2.41. The van der Waals surface area contributed by atoms with Crippen LogP contribution in [0, 0.1) is 0 Å². The minimum Gasteiger partial charge on any atom is -0.507 e. The van der Waals surface area contributed by atoms with Gasteiger partial charge in [0.15, 0.2) is 0 Å². The Morgan fingerprint density at radius 1 is 0.944 bits per heavy atom. The van der Waals surface area contributed by atoms with Crippen LogP contribution in [0.1, 0.15) is 50.3 Å². The molecule has 18 heavy (non-hydrogen) atoms. The largest absolute Gasteiger partial charge is 0.507 e. The Labute approximate surface area is 128 Å². The summed E-state index contributed by atoms with van der Waals surface area (Å²) in [5, 5.41) is 10.2. The molecule has 0 saturated carbocycles. The second-order valence-electron chi connectivity index (χ2n) is 4.90. The van der Waals surface area contributed by atoms with Crippen molar-refractivity contribution in [2.45, 2.75) is 42.3 Å². The number of alkyl halides is 4. The lowest BCUT2D eigenvalue weighted by molar-refractivity contribution is 0.457. The number of halogens is 4. The van der Waals surface area contributed by atoms with Crippen molar-refractivity contribution in [1.82, 2.24) is 0 Å². The molecule has 0 unspecified atom stereocenters. The zero-order valence-electron chi connectivity index (χ0n) is 10.7. The van der Waals surface area contributed by atoms with Crippen molar-refractivity contribution in [3.63, 3.8) is 0 Å². The van der Waals surface area contributed by atoms with Crippen LogP contribution in [0.2, 0.25) is 0 Å². The fourth-order valence-corrected chi connectivity index (χ4v) is 2.24. The Balaban J connectivity index is 3.59. The van der Waals surface area contributed by atoms with Gasteiger partial charge in [-0.1, -0.05) is 60.3 Å². The molecule has 1 aromatic rings. The highest BCUT2D eigenvalue weighted by Gasteiger charge is 2.31. The molecule has 0 aliphatic carbocycles. The molecule has 1 N–H and O–H groups in total. The summed E-state index contributed by atoms with van der Waals surface area (Å²) in [5.41, 5.74) is 1.80. The van der Waals surface area contributed by atoms with E-state index in [4.69, 9.17) is 46.4 Å². The number of hydrogen-bond donors (Lipinski definition) is 1. The van der Waals surface area contributed by atoms with E-state index in [1.165, 1.54) is 0 Å². The van der Waals surface area contributed by atoms with Gasteiger partial charge in [0.05, 0.1) is 0 Å². The van der Waals surface area contributed by atoms with Gasteiger partial charge in [-0.05, 0) is 37.5 Å². The van der Waals surface area contributed by atoms with Crippen LogP contribution in [0.25, 0.3) is 0 Å². The average Bonchev–Trinajstić information content (AvgIpc) is 2.13. The minimum absolute atomic E-state index is 0.0561. The van der Waals surface area contributed by atoms with Crippen molar-refractivity contribution in [3.05, 3.63) is 28.8 Å². The van der Waals surface area contributed by atoms with Gasteiger partial charge < -0.3 is 5.11 Å². The van der Waals surface area contributed by atoms with Crippen molar-refractivity contribution in [2.75, 3.05) is 0 Å². The Kier molecular flexibility index (Phi) is 4.76. The van der Waals surface area contributed by atoms with Crippen molar-refractivity contribution in [2.24, 2.45) is 0 Å². The summed E-state index contributed by atoms with van der Waals surface area (Å²) >= 11 is 24.3. The number of aromatic hydroxyl groups is 1. The van der Waals surface area contributed by atoms with Crippen LogP contribution in [0.3, 0.4) is 0 Å². The Bertz CT molecular complexity index is 406. The van der Waals surface area contributed by atoms with Gasteiger partial charge in [0.25, 0.3) is 0 Å². The van der Waals surface area contributed by atoms with Crippen molar-refractivity contribution < 1.29 is 5.11 Å². The van der Waals surface area contributed by atoms with Gasteiger partial charge in [-0.3, -0.25) is 0 Å². The molecule has 0 radical (unpaired) electrons. The number of phenols is 1. The zero-order valence-corrected chi connectivity index (χ0v) is 13.7. The molecule has 0 heterocycles. The first kappa shape index (κ1) is 16.2. The Hall–Kier alpha value is 0.180. The SMILES string of the molecule is CC(C)c1cc(C(C)(Cl)Cl)c(O)c(C(C)(Cl)Cl)c1. The fraction of sp³-hybridized carbons (Fsp3) is 0.538. The van der Waals surface area contributed by atoms with Crippen LogP contribution >= 0.6 is 46.4 Å². The van der Waals surface area contributed by atoms with Gasteiger partial charge in [-0.15, -0.1) is 0 Å². The smallest absolute Gasteiger partial charge is 0.143 e. The number of benzene rings is 1. The van der Waals surface area contributed by atoms with Crippen molar-refractivity contribution in [3.8, 4) is 5.75 Å². The van der Waals surface area contributed by atoms with E-state index in [0.717, 1.165) is 5.56 Å². The fourth-order valence-electron chi connectivity index (χ4n) is 1.66. The number of rotatable bonds is 3. The second-order valence-corrected chi connectivity index (χ2v) is 8.31. The molecule has 0 aliphatic heterocycles. The van der Waals surface area contributed by atoms with E-state index in [9.17, 15) is 5.11 Å². The third-order valence-electron chi connectivity index (χ3n) is 2.74. The first-order valence-corrected chi connectivity index (χ1v) is 7.09. The molecule has 1 aromatic carbocycles. The molecular weight excluding hydrogens is 314 g/mol. The van der Waals surface area contributed by atoms with Gasteiger partial charge in [-0.2, -0.15) is 0 Å². The van der Waals surface area contributed by atoms with E-state index >= 15 is 0 Å². The van der Waals surface area contributed by atoms with Gasteiger partial charge in [-0.25, -0.2) is 0 Å². The van der Waals surface area contributed by atoms with E-state index in [1.807, 2.05) is 13.8 Å². The lowest BCUT2D eigenvalue weighted by atomic mass is 9.94. The maximum Gasteiger partial charge on any atom is 0.143 e. The van der Waals surface area contributed by atoms with Crippen LogP contribution in [-0.4, -0.2) is 5.11 Å². The van der Waals surface area contributed by atoms with Crippen molar-refractivity contribution >= 4 is 46.4 Å². The first-order valence-electron chi connectivity index (χ1n) is 5.58. The standard InChI is InChI=1S/C13H16Cl4O/c1-7(2)8-5-9(12(3,14)15)11(18)10(6-8)13(4,16)17/h5-7,18H,1-4H3. The summed E-state index contributed by atoms with van der Waals surface area (Å²) in [6, 6.07) is 3.56. The summed E-state index contributed by atoms with van der Waals surface area (Å²) in [7, 11) is 0. The predicted molar refractivity (Wildman–Crippen MR) is 80.3 cm³/mol. The van der Waals surface area contributed by atoms with E-state index in [2.05, 4.69) is 0 Å². The van der Waals surface area contributed by atoms with Crippen LogP contribution in [-0.2, 0) is 8.67 Å². The number of phenolic OH excluding ortho intramolecular Hbond substituents is 1. The van der Waals surface area contributed by atoms with Crippen LogP contribution in [0.4, 0.5) is 0 Å². The molecule has 0 aromatic heterocycles. The molecule has 1 nitrogen and oxygen atoms in total. The van der Waals surface area contributed by atoms with E-state index < -0.39 is 8.67 Å². The summed E-state index contributed by atoms with van der Waals surface area (Å²) in [5.74, 6) is 0.189. The first-order chi connectivity index (χ1) is 7.94. The van der Waals surface area contributed by atoms with Crippen LogP contribution < -0.4 is 0 Å². The zero-order chi connectivity index (χ0) is 14.3. The van der Waals surface area contributed by atoms with Crippen LogP contribution in [0.15, 0.2) is 12.1 Å². The van der Waals surface area contributed by atoms with E-state index in [0.29, 0.717) is 11.1 Å². The summed E-state index contributed by atoms with van der Waals surface area (Å²) in [6.45, 7) is 7.25. The number of hydrogen-bond acceptors (Lipinski definition) is 1. The van der Waals surface area contributed by atoms with Crippen LogP contribution in [0.5, 0.6) is 5.75 Å². The normalized spacial score (nSPS) is 13.2. The monoisotopic (exact) mass is 328 g/mol. The highest BCUT2D eigenvalue weighted by Crippen LogP contribution is 2.47. The van der Waals surface area contributed by atoms with Gasteiger partial charge in [0.2, 0.25) is 0 Å². The lowest BCUT2D eigenvalue weighted by Crippen LogP contribution is -2.12. The van der Waals surface area contributed by atoms with E-state index in [1.54, 1.807) is 26.0 Å². The van der Waals surface area contributed by atoms with Crippen molar-refractivity contribution in [1.29, 1.82) is 0 Å². The lowest BCUT2D eigenvalue weighted by Gasteiger charge is -2.24. The summed E-state index contributed by atoms with van der Waals surface area (Å²) in [4.78, 5) is 0. The highest BCUT2D eigenvalue weighted by molar-refractivity contribution is 6.49. The predicted octanol–water partition coefficient (Wildman–Crippen LogP) is 5.82. The molecule has 1 rings (SSSR count). The molecule has 0 bridgehead atoms. The molecule has 0 amide bonds. The molecule has 0 atom stereocenters. The third kappa shape index (κ3) is 3.60. The molecule has 0 fully saturated rings. The molecule has 0 saturated heterocycles. The molecule has 102 valence electrons. The highest BCUT2D eigenvalue weighted by atomic mass is 35.5. The second kappa shape index (κ2) is 5.28. The maximum atomic E-state index is 10.2. The average molecular weight is 330 g/mol. The molecule has 5 heteroatoms. The van der Waals surface area contributed by atoms with Gasteiger partial charge in [0, 0.05) is 11.1 Å². The van der Waals surface area contributed by atoms with E-state index in [-0.39, 0.29) is 11.7 Å². The minimum atomic E-state index is -1.21.